The number of fused-ring (bicyclic) bond motifs is 1. The molecule has 0 radical (unpaired) electrons. The van der Waals surface area contributed by atoms with Crippen LogP contribution in [-0.2, 0) is 0 Å². The Morgan fingerprint density at radius 2 is 2.46 bits per heavy atom. The summed E-state index contributed by atoms with van der Waals surface area (Å²) in [6, 6.07) is 3.70. The van der Waals surface area contributed by atoms with Gasteiger partial charge in [-0.2, -0.15) is 4.52 Å². The second kappa shape index (κ2) is 2.40. The second-order valence-corrected chi connectivity index (χ2v) is 3.40. The van der Waals surface area contributed by atoms with E-state index >= 15 is 0 Å². The maximum Gasteiger partial charge on any atom is 0.234 e. The third kappa shape index (κ3) is 0.955. The molecule has 3 rings (SSSR count). The second-order valence-electron chi connectivity index (χ2n) is 2.44. The van der Waals surface area contributed by atoms with Crippen molar-refractivity contribution in [1.82, 2.24) is 19.8 Å². The normalized spacial score (nSPS) is 11.1. The summed E-state index contributed by atoms with van der Waals surface area (Å²) in [4.78, 5) is 0.770. The summed E-state index contributed by atoms with van der Waals surface area (Å²) >= 11 is 1.45. The first-order valence-corrected chi connectivity index (χ1v) is 4.46. The van der Waals surface area contributed by atoms with E-state index < -0.39 is 0 Å². The molecule has 3 heterocycles. The molecule has 0 unspecified atom stereocenters. The Hall–Kier alpha value is -1.69. The van der Waals surface area contributed by atoms with Gasteiger partial charge < -0.3 is 4.42 Å². The van der Waals surface area contributed by atoms with Crippen LogP contribution in [0.25, 0.3) is 15.7 Å². The maximum atomic E-state index is 5.20. The van der Waals surface area contributed by atoms with E-state index in [1.165, 1.54) is 11.3 Å². The first-order valence-electron chi connectivity index (χ1n) is 3.64. The lowest BCUT2D eigenvalue weighted by Gasteiger charge is -1.83. The molecule has 3 aromatic heterocycles. The summed E-state index contributed by atoms with van der Waals surface area (Å²) < 4.78 is 6.83. The number of nitrogens with zero attached hydrogens (tertiary/aromatic N) is 4. The number of aromatic nitrogens is 4. The highest BCUT2D eigenvalue weighted by molar-refractivity contribution is 7.19. The van der Waals surface area contributed by atoms with Gasteiger partial charge in [-0.1, -0.05) is 11.3 Å². The van der Waals surface area contributed by atoms with Crippen LogP contribution in [-0.4, -0.2) is 19.8 Å². The van der Waals surface area contributed by atoms with Crippen molar-refractivity contribution in [2.45, 2.75) is 0 Å². The minimum atomic E-state index is 0.760. The van der Waals surface area contributed by atoms with Crippen LogP contribution in [0.15, 0.2) is 29.1 Å². The fraction of sp³-hybridized carbons (Fsp3) is 0. The van der Waals surface area contributed by atoms with E-state index in [1.54, 1.807) is 17.1 Å². The number of furan rings is 1. The zero-order valence-electron chi connectivity index (χ0n) is 6.41. The van der Waals surface area contributed by atoms with Crippen molar-refractivity contribution in [2.24, 2.45) is 0 Å². The molecule has 0 aliphatic rings. The molecule has 0 aromatic carbocycles. The first-order chi connectivity index (χ1) is 6.43. The summed E-state index contributed by atoms with van der Waals surface area (Å²) in [5, 5.41) is 12.6. The van der Waals surface area contributed by atoms with Crippen molar-refractivity contribution in [1.29, 1.82) is 0 Å². The van der Waals surface area contributed by atoms with Crippen molar-refractivity contribution < 1.29 is 4.42 Å². The third-order valence-electron chi connectivity index (χ3n) is 1.62. The van der Waals surface area contributed by atoms with Crippen LogP contribution in [0, 0.1) is 0 Å². The average Bonchev–Trinajstić information content (AvgIpc) is 2.78. The smallest absolute Gasteiger partial charge is 0.234 e. The quantitative estimate of drug-likeness (QED) is 0.585. The molecule has 0 spiro atoms. The predicted molar refractivity (Wildman–Crippen MR) is 46.4 cm³/mol. The zero-order valence-corrected chi connectivity index (χ0v) is 7.23. The molecular weight excluding hydrogens is 188 g/mol. The summed E-state index contributed by atoms with van der Waals surface area (Å²) in [6.07, 6.45) is 3.19. The van der Waals surface area contributed by atoms with Crippen LogP contribution in [0.5, 0.6) is 0 Å². The van der Waals surface area contributed by atoms with Crippen LogP contribution in [0.4, 0.5) is 0 Å². The number of rotatable bonds is 1. The molecule has 0 saturated carbocycles. The molecule has 0 aliphatic carbocycles. The average molecular weight is 192 g/mol. The van der Waals surface area contributed by atoms with Gasteiger partial charge in [0, 0.05) is 0 Å². The van der Waals surface area contributed by atoms with Crippen molar-refractivity contribution >= 4 is 16.3 Å². The van der Waals surface area contributed by atoms with Gasteiger partial charge in [0.2, 0.25) is 4.96 Å². The Labute approximate surface area is 76.6 Å². The molecule has 0 bridgehead atoms. The Balaban J connectivity index is 2.23. The molecule has 0 N–H and O–H groups in total. The molecule has 5 nitrogen and oxygen atoms in total. The van der Waals surface area contributed by atoms with Gasteiger partial charge >= 0.3 is 0 Å². The molecule has 0 fully saturated rings. The van der Waals surface area contributed by atoms with E-state index in [1.807, 2.05) is 12.1 Å². The van der Waals surface area contributed by atoms with Crippen LogP contribution >= 0.6 is 11.3 Å². The van der Waals surface area contributed by atoms with E-state index in [-0.39, 0.29) is 0 Å². The number of hydrogen-bond acceptors (Lipinski definition) is 5. The molecule has 6 heteroatoms. The highest BCUT2D eigenvalue weighted by Gasteiger charge is 2.08. The van der Waals surface area contributed by atoms with E-state index in [0.29, 0.717) is 0 Å². The van der Waals surface area contributed by atoms with Crippen molar-refractivity contribution in [3.63, 3.8) is 0 Å². The third-order valence-corrected chi connectivity index (χ3v) is 2.55. The van der Waals surface area contributed by atoms with E-state index in [4.69, 9.17) is 4.42 Å². The van der Waals surface area contributed by atoms with Crippen LogP contribution in [0.1, 0.15) is 0 Å². The van der Waals surface area contributed by atoms with Gasteiger partial charge in [-0.3, -0.25) is 0 Å². The summed E-state index contributed by atoms with van der Waals surface area (Å²) in [6.45, 7) is 0. The van der Waals surface area contributed by atoms with E-state index in [2.05, 4.69) is 15.3 Å². The Morgan fingerprint density at radius 3 is 3.23 bits per heavy atom. The lowest BCUT2D eigenvalue weighted by molar-refractivity contribution is 0.580. The van der Waals surface area contributed by atoms with Crippen molar-refractivity contribution in [2.75, 3.05) is 0 Å². The zero-order chi connectivity index (χ0) is 8.67. The Bertz CT molecular complexity index is 495. The van der Waals surface area contributed by atoms with Gasteiger partial charge in [-0.05, 0) is 12.1 Å². The van der Waals surface area contributed by atoms with Gasteiger partial charge in [0.05, 0.1) is 6.26 Å². The van der Waals surface area contributed by atoms with Crippen molar-refractivity contribution in [3.05, 3.63) is 24.7 Å². The molecule has 13 heavy (non-hydrogen) atoms. The van der Waals surface area contributed by atoms with Gasteiger partial charge in [-0.25, -0.2) is 0 Å². The van der Waals surface area contributed by atoms with Gasteiger partial charge in [0.15, 0.2) is 10.8 Å². The highest BCUT2D eigenvalue weighted by Crippen LogP contribution is 2.24. The summed E-state index contributed by atoms with van der Waals surface area (Å²) in [5.41, 5.74) is 0. The molecule has 64 valence electrons. The SMILES string of the molecule is c1coc(-c2nn3cnnc3s2)c1. The fourth-order valence-corrected chi connectivity index (χ4v) is 1.85. The monoisotopic (exact) mass is 192 g/mol. The first kappa shape index (κ1) is 6.79. The summed E-state index contributed by atoms with van der Waals surface area (Å²) in [5.74, 6) is 0.760. The van der Waals surface area contributed by atoms with Gasteiger partial charge in [-0.15, -0.1) is 15.3 Å². The van der Waals surface area contributed by atoms with Crippen LogP contribution in [0.2, 0.25) is 0 Å². The molecule has 0 atom stereocenters. The fourth-order valence-electron chi connectivity index (χ4n) is 1.06. The Kier molecular flexibility index (Phi) is 1.25. The minimum absolute atomic E-state index is 0.760. The molecule has 0 aliphatic heterocycles. The molecule has 0 saturated heterocycles. The van der Waals surface area contributed by atoms with Crippen LogP contribution < -0.4 is 0 Å². The topological polar surface area (TPSA) is 56.2 Å². The molecule has 0 amide bonds. The maximum absolute atomic E-state index is 5.20. The molecule has 3 aromatic rings. The number of hydrogen-bond donors (Lipinski definition) is 0. The molecular formula is C7H4N4OS. The Morgan fingerprint density at radius 1 is 1.46 bits per heavy atom. The lowest BCUT2D eigenvalue weighted by Crippen LogP contribution is -1.80. The standard InChI is InChI=1S/C7H4N4OS/c1-2-5(12-3-1)6-10-11-4-8-9-7(11)13-6/h1-4H. The van der Waals surface area contributed by atoms with E-state index in [0.717, 1.165) is 15.7 Å². The predicted octanol–water partition coefficient (Wildman–Crippen LogP) is 1.45. The van der Waals surface area contributed by atoms with E-state index in [9.17, 15) is 0 Å². The highest BCUT2D eigenvalue weighted by atomic mass is 32.1. The van der Waals surface area contributed by atoms with Crippen molar-refractivity contribution in [3.8, 4) is 10.8 Å². The largest absolute Gasteiger partial charge is 0.462 e. The van der Waals surface area contributed by atoms with Gasteiger partial charge in [0.1, 0.15) is 6.33 Å². The minimum Gasteiger partial charge on any atom is -0.462 e. The summed E-state index contributed by atoms with van der Waals surface area (Å²) in [7, 11) is 0. The van der Waals surface area contributed by atoms with Gasteiger partial charge in [0.25, 0.3) is 0 Å². The van der Waals surface area contributed by atoms with Crippen LogP contribution in [0.3, 0.4) is 0 Å². The lowest BCUT2D eigenvalue weighted by atomic mass is 10.5.